The highest BCUT2D eigenvalue weighted by Crippen LogP contribution is 2.33. The van der Waals surface area contributed by atoms with Gasteiger partial charge in [0, 0.05) is 5.69 Å². The monoisotopic (exact) mass is 311 g/mol. The van der Waals surface area contributed by atoms with Gasteiger partial charge in [-0.25, -0.2) is 9.97 Å². The molecule has 1 aromatic heterocycles. The number of hydrogen-bond donors (Lipinski definition) is 1. The van der Waals surface area contributed by atoms with Crippen molar-refractivity contribution in [3.05, 3.63) is 66.1 Å². The molecule has 22 heavy (non-hydrogen) atoms. The van der Waals surface area contributed by atoms with Crippen LogP contribution in [0.15, 0.2) is 60.9 Å². The van der Waals surface area contributed by atoms with Gasteiger partial charge in [0.2, 0.25) is 0 Å². The predicted molar refractivity (Wildman–Crippen MR) is 88.8 cm³/mol. The number of methoxy groups -OCH3 is 1. The van der Waals surface area contributed by atoms with Crippen molar-refractivity contribution in [2.45, 2.75) is 0 Å². The van der Waals surface area contributed by atoms with Gasteiger partial charge in [0.15, 0.2) is 0 Å². The van der Waals surface area contributed by atoms with E-state index in [4.69, 9.17) is 16.3 Å². The summed E-state index contributed by atoms with van der Waals surface area (Å²) in [5.41, 5.74) is 2.64. The van der Waals surface area contributed by atoms with E-state index in [9.17, 15) is 0 Å². The number of nitrogens with zero attached hydrogens (tertiary/aromatic N) is 2. The maximum atomic E-state index is 6.27. The lowest BCUT2D eigenvalue weighted by molar-refractivity contribution is 0.415. The molecule has 110 valence electrons. The summed E-state index contributed by atoms with van der Waals surface area (Å²) in [7, 11) is 1.64. The molecule has 0 aliphatic rings. The summed E-state index contributed by atoms with van der Waals surface area (Å²) in [6.45, 7) is 0. The van der Waals surface area contributed by atoms with Crippen molar-refractivity contribution < 1.29 is 4.74 Å². The molecule has 3 aromatic rings. The van der Waals surface area contributed by atoms with Crippen molar-refractivity contribution in [3.63, 3.8) is 0 Å². The number of halogens is 1. The highest BCUT2D eigenvalue weighted by Gasteiger charge is 2.12. The first-order valence-electron chi connectivity index (χ1n) is 6.75. The van der Waals surface area contributed by atoms with Crippen LogP contribution >= 0.6 is 11.6 Å². The number of aromatic nitrogens is 2. The Bertz CT molecular complexity index is 761. The van der Waals surface area contributed by atoms with E-state index < -0.39 is 0 Å². The van der Waals surface area contributed by atoms with Gasteiger partial charge < -0.3 is 10.1 Å². The molecular weight excluding hydrogens is 298 g/mol. The highest BCUT2D eigenvalue weighted by molar-refractivity contribution is 6.32. The fourth-order valence-electron chi connectivity index (χ4n) is 2.13. The first kappa shape index (κ1) is 14.4. The minimum atomic E-state index is 0.414. The third kappa shape index (κ3) is 3.02. The molecule has 0 radical (unpaired) electrons. The second-order valence-corrected chi connectivity index (χ2v) is 4.97. The Kier molecular flexibility index (Phi) is 4.21. The number of anilines is 2. The average molecular weight is 312 g/mol. The lowest BCUT2D eigenvalue weighted by Gasteiger charge is -2.12. The Morgan fingerprint density at radius 1 is 0.955 bits per heavy atom. The Hall–Kier alpha value is -2.59. The van der Waals surface area contributed by atoms with Crippen LogP contribution in [0.4, 0.5) is 11.5 Å². The van der Waals surface area contributed by atoms with Crippen molar-refractivity contribution in [2.75, 3.05) is 12.4 Å². The molecule has 0 unspecified atom stereocenters. The van der Waals surface area contributed by atoms with E-state index in [-0.39, 0.29) is 0 Å². The topological polar surface area (TPSA) is 47.0 Å². The third-order valence-electron chi connectivity index (χ3n) is 3.22. The van der Waals surface area contributed by atoms with Gasteiger partial charge in [-0.2, -0.15) is 0 Å². The number of benzene rings is 2. The van der Waals surface area contributed by atoms with E-state index in [1.165, 1.54) is 6.33 Å². The molecule has 5 heteroatoms. The molecule has 0 atom stereocenters. The summed E-state index contributed by atoms with van der Waals surface area (Å²) >= 11 is 6.27. The number of rotatable bonds is 4. The van der Waals surface area contributed by atoms with E-state index in [1.54, 1.807) is 7.11 Å². The molecular formula is C17H14ClN3O. The number of ether oxygens (including phenoxy) is 1. The van der Waals surface area contributed by atoms with E-state index >= 15 is 0 Å². The average Bonchev–Trinajstić information content (AvgIpc) is 2.56. The van der Waals surface area contributed by atoms with Crippen molar-refractivity contribution in [2.24, 2.45) is 0 Å². The summed E-state index contributed by atoms with van der Waals surface area (Å²) in [5, 5.41) is 3.69. The Balaban J connectivity index is 1.98. The zero-order valence-electron chi connectivity index (χ0n) is 12.0. The summed E-state index contributed by atoms with van der Waals surface area (Å²) in [4.78, 5) is 8.40. The normalized spacial score (nSPS) is 10.3. The van der Waals surface area contributed by atoms with Gasteiger partial charge in [0.1, 0.15) is 23.0 Å². The van der Waals surface area contributed by atoms with Gasteiger partial charge in [0.25, 0.3) is 0 Å². The Morgan fingerprint density at radius 2 is 1.68 bits per heavy atom. The van der Waals surface area contributed by atoms with Gasteiger partial charge >= 0.3 is 0 Å². The van der Waals surface area contributed by atoms with Gasteiger partial charge in [-0.3, -0.25) is 0 Å². The number of hydrogen-bond acceptors (Lipinski definition) is 4. The van der Waals surface area contributed by atoms with Crippen LogP contribution in [0, 0.1) is 0 Å². The molecule has 0 aliphatic carbocycles. The molecule has 3 rings (SSSR count). The second kappa shape index (κ2) is 6.45. The molecule has 0 amide bonds. The van der Waals surface area contributed by atoms with E-state index in [2.05, 4.69) is 15.3 Å². The molecule has 0 spiro atoms. The molecule has 1 N–H and O–H groups in total. The minimum absolute atomic E-state index is 0.414. The fourth-order valence-corrected chi connectivity index (χ4v) is 2.37. The van der Waals surface area contributed by atoms with Crippen LogP contribution in [-0.2, 0) is 0 Å². The predicted octanol–water partition coefficient (Wildman–Crippen LogP) is 4.55. The van der Waals surface area contributed by atoms with E-state index in [0.29, 0.717) is 11.0 Å². The molecule has 1 heterocycles. The van der Waals surface area contributed by atoms with Gasteiger partial charge in [-0.05, 0) is 29.8 Å². The van der Waals surface area contributed by atoms with Crippen LogP contribution in [0.2, 0.25) is 5.15 Å². The largest absolute Gasteiger partial charge is 0.497 e. The summed E-state index contributed by atoms with van der Waals surface area (Å²) in [5.74, 6) is 1.46. The van der Waals surface area contributed by atoms with Crippen LogP contribution in [-0.4, -0.2) is 17.1 Å². The van der Waals surface area contributed by atoms with Crippen LogP contribution in [0.1, 0.15) is 0 Å². The van der Waals surface area contributed by atoms with Crippen molar-refractivity contribution in [1.29, 1.82) is 0 Å². The maximum absolute atomic E-state index is 6.27. The summed E-state index contributed by atoms with van der Waals surface area (Å²) < 4.78 is 5.16. The molecule has 0 bridgehead atoms. The second-order valence-electron chi connectivity index (χ2n) is 4.61. The zero-order chi connectivity index (χ0) is 15.4. The Morgan fingerprint density at radius 3 is 2.36 bits per heavy atom. The molecule has 0 saturated heterocycles. The van der Waals surface area contributed by atoms with Gasteiger partial charge in [0.05, 0.1) is 12.7 Å². The van der Waals surface area contributed by atoms with Gasteiger partial charge in [-0.1, -0.05) is 41.9 Å². The summed E-state index contributed by atoms with van der Waals surface area (Å²) in [6, 6.07) is 17.4. The van der Waals surface area contributed by atoms with Crippen molar-refractivity contribution in [3.8, 4) is 16.9 Å². The number of nitrogens with one attached hydrogen (secondary N) is 1. The molecule has 4 nitrogen and oxygen atoms in total. The van der Waals surface area contributed by atoms with E-state index in [1.807, 2.05) is 54.6 Å². The first-order valence-corrected chi connectivity index (χ1v) is 7.12. The molecule has 0 saturated carbocycles. The molecule has 0 fully saturated rings. The van der Waals surface area contributed by atoms with Crippen LogP contribution in [0.5, 0.6) is 5.75 Å². The smallest absolute Gasteiger partial charge is 0.143 e. The molecule has 0 aliphatic heterocycles. The van der Waals surface area contributed by atoms with Crippen LogP contribution < -0.4 is 10.1 Å². The lowest BCUT2D eigenvalue weighted by atomic mass is 10.1. The fraction of sp³-hybridized carbons (Fsp3) is 0.0588. The SMILES string of the molecule is COc1ccc(Nc2ncnc(Cl)c2-c2ccccc2)cc1. The standard InChI is InChI=1S/C17H14ClN3O/c1-22-14-9-7-13(8-10-14)21-17-15(16(18)19-11-20-17)12-5-3-2-4-6-12/h2-11H,1H3,(H,19,20,21). The quantitative estimate of drug-likeness (QED) is 0.718. The van der Waals surface area contributed by atoms with Crippen molar-refractivity contribution in [1.82, 2.24) is 9.97 Å². The minimum Gasteiger partial charge on any atom is -0.497 e. The van der Waals surface area contributed by atoms with Crippen molar-refractivity contribution >= 4 is 23.1 Å². The molecule has 2 aromatic carbocycles. The van der Waals surface area contributed by atoms with E-state index in [0.717, 1.165) is 22.6 Å². The maximum Gasteiger partial charge on any atom is 0.143 e. The van der Waals surface area contributed by atoms with Crippen LogP contribution in [0.25, 0.3) is 11.1 Å². The lowest BCUT2D eigenvalue weighted by Crippen LogP contribution is -1.98. The first-order chi connectivity index (χ1) is 10.8. The zero-order valence-corrected chi connectivity index (χ0v) is 12.7. The Labute approximate surface area is 133 Å². The highest BCUT2D eigenvalue weighted by atomic mass is 35.5. The van der Waals surface area contributed by atoms with Gasteiger partial charge in [-0.15, -0.1) is 0 Å². The third-order valence-corrected chi connectivity index (χ3v) is 3.50. The summed E-state index contributed by atoms with van der Waals surface area (Å²) in [6.07, 6.45) is 1.45. The van der Waals surface area contributed by atoms with Crippen LogP contribution in [0.3, 0.4) is 0 Å².